The highest BCUT2D eigenvalue weighted by Gasteiger charge is 2.08. The van der Waals surface area contributed by atoms with E-state index in [0.29, 0.717) is 10.7 Å². The smallest absolute Gasteiger partial charge is 0.248 e. The summed E-state index contributed by atoms with van der Waals surface area (Å²) in [5, 5.41) is 3.42. The monoisotopic (exact) mass is 367 g/mol. The van der Waals surface area contributed by atoms with E-state index in [9.17, 15) is 4.79 Å². The van der Waals surface area contributed by atoms with Crippen LogP contribution < -0.4 is 5.32 Å². The third-order valence-electron chi connectivity index (χ3n) is 3.76. The number of carbonyl (C=O) groups excluding carboxylic acids is 1. The molecule has 1 heterocycles. The summed E-state index contributed by atoms with van der Waals surface area (Å²) in [6.07, 6.45) is 3.36. The lowest BCUT2D eigenvalue weighted by Crippen LogP contribution is -2.09. The van der Waals surface area contributed by atoms with Crippen molar-refractivity contribution in [2.75, 3.05) is 5.32 Å². The van der Waals surface area contributed by atoms with Crippen LogP contribution in [0.5, 0.6) is 0 Å². The lowest BCUT2D eigenvalue weighted by Gasteiger charge is -2.09. The van der Waals surface area contributed by atoms with Gasteiger partial charge >= 0.3 is 0 Å². The first-order chi connectivity index (χ1) is 12.0. The molecule has 0 unspecified atom stereocenters. The summed E-state index contributed by atoms with van der Waals surface area (Å²) < 4.78 is 0. The fourth-order valence-corrected chi connectivity index (χ4v) is 3.88. The van der Waals surface area contributed by atoms with Crippen molar-refractivity contribution in [3.63, 3.8) is 0 Å². The first-order valence-electron chi connectivity index (χ1n) is 7.94. The molecule has 4 heteroatoms. The van der Waals surface area contributed by atoms with Gasteiger partial charge in [-0.25, -0.2) is 0 Å². The molecule has 3 aromatic rings. The fraction of sp³-hybridized carbons (Fsp3) is 0.0952. The first kappa shape index (κ1) is 17.5. The summed E-state index contributed by atoms with van der Waals surface area (Å²) in [5.41, 5.74) is 3.87. The van der Waals surface area contributed by atoms with E-state index in [1.807, 2.05) is 56.3 Å². The molecule has 0 bridgehead atoms. The number of carbonyl (C=O) groups is 1. The van der Waals surface area contributed by atoms with Gasteiger partial charge in [-0.15, -0.1) is 11.3 Å². The summed E-state index contributed by atoms with van der Waals surface area (Å²) in [6.45, 7) is 3.91. The minimum Gasteiger partial charge on any atom is -0.321 e. The van der Waals surface area contributed by atoms with Crippen LogP contribution in [0.25, 0.3) is 16.5 Å². The summed E-state index contributed by atoms with van der Waals surface area (Å²) in [7, 11) is 0. The Labute approximate surface area is 156 Å². The normalized spacial score (nSPS) is 11.0. The van der Waals surface area contributed by atoms with Gasteiger partial charge in [0.05, 0.1) is 10.7 Å². The van der Waals surface area contributed by atoms with E-state index in [0.717, 1.165) is 16.0 Å². The van der Waals surface area contributed by atoms with Gasteiger partial charge in [0.25, 0.3) is 0 Å². The maximum absolute atomic E-state index is 12.2. The topological polar surface area (TPSA) is 29.1 Å². The molecule has 0 saturated carbocycles. The van der Waals surface area contributed by atoms with E-state index in [-0.39, 0.29) is 5.91 Å². The number of halogens is 1. The molecule has 25 heavy (non-hydrogen) atoms. The number of nitrogens with one attached hydrogen (secondary N) is 1. The summed E-state index contributed by atoms with van der Waals surface area (Å²) >= 11 is 7.88. The molecule has 1 aromatic heterocycles. The maximum atomic E-state index is 12.2. The van der Waals surface area contributed by atoms with Crippen molar-refractivity contribution < 1.29 is 4.79 Å². The molecule has 0 spiro atoms. The highest BCUT2D eigenvalue weighted by molar-refractivity contribution is 7.16. The van der Waals surface area contributed by atoms with E-state index in [1.165, 1.54) is 16.5 Å². The average Bonchev–Trinajstić information content (AvgIpc) is 3.06. The molecule has 3 rings (SSSR count). The molecule has 0 atom stereocenters. The second-order valence-electron chi connectivity index (χ2n) is 5.83. The highest BCUT2D eigenvalue weighted by atomic mass is 35.5. The van der Waals surface area contributed by atoms with Gasteiger partial charge in [0.15, 0.2) is 0 Å². The molecule has 1 amide bonds. The van der Waals surface area contributed by atoms with Crippen LogP contribution in [0.4, 0.5) is 5.69 Å². The zero-order chi connectivity index (χ0) is 17.8. The molecule has 0 saturated heterocycles. The Hall–Kier alpha value is -2.36. The Morgan fingerprint density at radius 2 is 1.84 bits per heavy atom. The maximum Gasteiger partial charge on any atom is 0.248 e. The molecule has 2 nitrogen and oxygen atoms in total. The number of anilines is 1. The number of rotatable bonds is 4. The Bertz CT molecular complexity index is 905. The lowest BCUT2D eigenvalue weighted by atomic mass is 10.1. The van der Waals surface area contributed by atoms with Crippen LogP contribution in [0.1, 0.15) is 16.0 Å². The molecule has 0 fully saturated rings. The Morgan fingerprint density at radius 3 is 2.56 bits per heavy atom. The molecule has 0 aliphatic rings. The van der Waals surface area contributed by atoms with Crippen LogP contribution >= 0.6 is 22.9 Å². The molecule has 2 aromatic carbocycles. The van der Waals surface area contributed by atoms with E-state index < -0.39 is 0 Å². The van der Waals surface area contributed by atoms with Crippen molar-refractivity contribution in [1.29, 1.82) is 0 Å². The third kappa shape index (κ3) is 4.38. The number of amides is 1. The minimum atomic E-state index is -0.191. The van der Waals surface area contributed by atoms with Crippen LogP contribution in [-0.2, 0) is 4.79 Å². The number of thiophene rings is 1. The molecule has 1 N–H and O–H groups in total. The second-order valence-corrected chi connectivity index (χ2v) is 7.35. The van der Waals surface area contributed by atoms with Crippen molar-refractivity contribution in [2.45, 2.75) is 13.8 Å². The quantitative estimate of drug-likeness (QED) is 0.536. The fourth-order valence-electron chi connectivity index (χ4n) is 2.60. The van der Waals surface area contributed by atoms with E-state index in [4.69, 9.17) is 11.6 Å². The predicted octanol–water partition coefficient (Wildman–Crippen LogP) is 6.34. The summed E-state index contributed by atoms with van der Waals surface area (Å²) in [4.78, 5) is 14.4. The van der Waals surface area contributed by atoms with Crippen molar-refractivity contribution in [2.24, 2.45) is 0 Å². The van der Waals surface area contributed by atoms with Gasteiger partial charge in [-0.3, -0.25) is 4.79 Å². The van der Waals surface area contributed by atoms with E-state index in [1.54, 1.807) is 11.3 Å². The minimum absolute atomic E-state index is 0.191. The van der Waals surface area contributed by atoms with Gasteiger partial charge in [0, 0.05) is 15.8 Å². The number of aryl methyl sites for hydroxylation is 2. The number of hydrogen-bond donors (Lipinski definition) is 1. The molecular formula is C21H18ClNOS. The summed E-state index contributed by atoms with van der Waals surface area (Å²) in [5.74, 6) is -0.191. The SMILES string of the molecule is Cc1cc(C)c(NC(=O)/C=C/c2ccc(-c3ccccc3)s2)c(Cl)c1. The van der Waals surface area contributed by atoms with Gasteiger partial charge in [-0.05, 0) is 54.8 Å². The van der Waals surface area contributed by atoms with E-state index >= 15 is 0 Å². The Kier molecular flexibility index (Phi) is 5.37. The largest absolute Gasteiger partial charge is 0.321 e. The average molecular weight is 368 g/mol. The molecule has 0 aliphatic carbocycles. The summed E-state index contributed by atoms with van der Waals surface area (Å²) in [6, 6.07) is 18.1. The van der Waals surface area contributed by atoms with Gasteiger partial charge in [0.1, 0.15) is 0 Å². The lowest BCUT2D eigenvalue weighted by molar-refractivity contribution is -0.111. The van der Waals surface area contributed by atoms with Crippen molar-refractivity contribution in [3.05, 3.63) is 81.7 Å². The van der Waals surface area contributed by atoms with Crippen LogP contribution in [0.3, 0.4) is 0 Å². The van der Waals surface area contributed by atoms with Crippen LogP contribution in [-0.4, -0.2) is 5.91 Å². The molecule has 0 aliphatic heterocycles. The Balaban J connectivity index is 1.71. The third-order valence-corrected chi connectivity index (χ3v) is 5.16. The number of hydrogen-bond acceptors (Lipinski definition) is 2. The van der Waals surface area contributed by atoms with Gasteiger partial charge in [-0.2, -0.15) is 0 Å². The van der Waals surface area contributed by atoms with Crippen LogP contribution in [0.15, 0.2) is 60.7 Å². The molecular weight excluding hydrogens is 350 g/mol. The molecule has 126 valence electrons. The Morgan fingerprint density at radius 1 is 1.08 bits per heavy atom. The zero-order valence-electron chi connectivity index (χ0n) is 14.0. The van der Waals surface area contributed by atoms with Crippen molar-refractivity contribution in [1.82, 2.24) is 0 Å². The zero-order valence-corrected chi connectivity index (χ0v) is 15.6. The first-order valence-corrected chi connectivity index (χ1v) is 9.13. The number of benzene rings is 2. The predicted molar refractivity (Wildman–Crippen MR) is 108 cm³/mol. The van der Waals surface area contributed by atoms with E-state index in [2.05, 4.69) is 23.5 Å². The standard InChI is InChI=1S/C21H18ClNOS/c1-14-12-15(2)21(18(22)13-14)23-20(24)11-9-17-8-10-19(25-17)16-6-4-3-5-7-16/h3-13H,1-2H3,(H,23,24)/b11-9+. The molecule has 0 radical (unpaired) electrons. The van der Waals surface area contributed by atoms with Crippen LogP contribution in [0.2, 0.25) is 5.02 Å². The second kappa shape index (κ2) is 7.68. The van der Waals surface area contributed by atoms with Gasteiger partial charge in [-0.1, -0.05) is 48.0 Å². The van der Waals surface area contributed by atoms with Gasteiger partial charge < -0.3 is 5.32 Å². The van der Waals surface area contributed by atoms with Crippen molar-refractivity contribution >= 4 is 40.6 Å². The van der Waals surface area contributed by atoms with Crippen molar-refractivity contribution in [3.8, 4) is 10.4 Å². The van der Waals surface area contributed by atoms with Gasteiger partial charge in [0.2, 0.25) is 5.91 Å². The van der Waals surface area contributed by atoms with Crippen LogP contribution in [0, 0.1) is 13.8 Å². The highest BCUT2D eigenvalue weighted by Crippen LogP contribution is 2.29.